The van der Waals surface area contributed by atoms with Gasteiger partial charge in [-0.25, -0.2) is 9.97 Å². The summed E-state index contributed by atoms with van der Waals surface area (Å²) < 4.78 is 0. The average molecular weight is 463 g/mol. The lowest BCUT2D eigenvalue weighted by Crippen LogP contribution is -2.55. The molecule has 0 spiro atoms. The highest BCUT2D eigenvalue weighted by Gasteiger charge is 2.60. The second kappa shape index (κ2) is 6.82. The fourth-order valence-electron chi connectivity index (χ4n) is 11.0. The third kappa shape index (κ3) is 3.26. The molecule has 0 saturated heterocycles. The van der Waals surface area contributed by atoms with Crippen molar-refractivity contribution in [3.63, 3.8) is 0 Å². The summed E-state index contributed by atoms with van der Waals surface area (Å²) in [5.74, 6) is 4.04. The van der Waals surface area contributed by atoms with Gasteiger partial charge in [-0.1, -0.05) is 13.8 Å². The Morgan fingerprint density at radius 1 is 0.706 bits per heavy atom. The van der Waals surface area contributed by atoms with E-state index in [4.69, 9.17) is 0 Å². The second-order valence-electron chi connectivity index (χ2n) is 14.3. The molecule has 2 amide bonds. The minimum atomic E-state index is -0.248. The highest BCUT2D eigenvalue weighted by molar-refractivity contribution is 5.97. The number of anilines is 2. The smallest absolute Gasteiger partial charge is 0.231 e. The Kier molecular flexibility index (Phi) is 4.28. The van der Waals surface area contributed by atoms with Crippen molar-refractivity contribution in [1.29, 1.82) is 0 Å². The Balaban J connectivity index is 1.07. The molecule has 4 atom stereocenters. The van der Waals surface area contributed by atoms with E-state index < -0.39 is 0 Å². The van der Waals surface area contributed by atoms with Crippen LogP contribution in [0.5, 0.6) is 0 Å². The summed E-state index contributed by atoms with van der Waals surface area (Å²) >= 11 is 0. The standard InChI is InChI=1S/C28H38N4O2/c1-25-6-17-3-18(7-25)11-27(10-17,14-25)23(33)31-21-5-22(30-16-29-21)32-24(34)28-12-19-4-20(13-28)9-26(2,8-19)15-28/h5,16-20H,3-4,6-15H2,1-2H3,(H2,29,30,31,32,33,34). The zero-order chi connectivity index (χ0) is 23.3. The molecule has 8 aliphatic rings. The van der Waals surface area contributed by atoms with Gasteiger partial charge in [0.1, 0.15) is 18.0 Å². The van der Waals surface area contributed by atoms with Crippen LogP contribution in [0, 0.1) is 45.3 Å². The molecule has 6 heteroatoms. The molecular weight excluding hydrogens is 424 g/mol. The van der Waals surface area contributed by atoms with Crippen LogP contribution in [0.4, 0.5) is 11.6 Å². The topological polar surface area (TPSA) is 84.0 Å². The molecule has 9 rings (SSSR count). The molecule has 8 saturated carbocycles. The van der Waals surface area contributed by atoms with Crippen LogP contribution >= 0.6 is 0 Å². The molecule has 1 heterocycles. The lowest BCUT2D eigenvalue weighted by Gasteiger charge is -2.60. The van der Waals surface area contributed by atoms with Gasteiger partial charge in [-0.2, -0.15) is 0 Å². The van der Waals surface area contributed by atoms with E-state index in [9.17, 15) is 9.59 Å². The van der Waals surface area contributed by atoms with E-state index in [1.165, 1.54) is 44.9 Å². The van der Waals surface area contributed by atoms with E-state index >= 15 is 0 Å². The number of aromatic nitrogens is 2. The molecule has 1 aromatic heterocycles. The van der Waals surface area contributed by atoms with Crippen LogP contribution in [0.3, 0.4) is 0 Å². The van der Waals surface area contributed by atoms with Gasteiger partial charge in [0.15, 0.2) is 0 Å². The van der Waals surface area contributed by atoms with Gasteiger partial charge in [-0.05, 0) is 112 Å². The van der Waals surface area contributed by atoms with Gasteiger partial charge >= 0.3 is 0 Å². The minimum Gasteiger partial charge on any atom is -0.310 e. The number of nitrogens with zero attached hydrogens (tertiary/aromatic N) is 2. The number of amides is 2. The van der Waals surface area contributed by atoms with Gasteiger partial charge in [0.05, 0.1) is 10.8 Å². The third-order valence-corrected chi connectivity index (χ3v) is 10.8. The predicted octanol–water partition coefficient (Wildman–Crippen LogP) is 5.57. The molecule has 0 aliphatic heterocycles. The Bertz CT molecular complexity index is 959. The first kappa shape index (κ1) is 21.3. The Labute approximate surface area is 202 Å². The van der Waals surface area contributed by atoms with Crippen molar-refractivity contribution in [1.82, 2.24) is 9.97 Å². The first-order valence-electron chi connectivity index (χ1n) is 13.6. The molecule has 1 aromatic rings. The average Bonchev–Trinajstić information content (AvgIpc) is 2.70. The summed E-state index contributed by atoms with van der Waals surface area (Å²) in [5.41, 5.74) is 0.144. The van der Waals surface area contributed by atoms with Crippen molar-refractivity contribution < 1.29 is 9.59 Å². The number of rotatable bonds is 4. The van der Waals surface area contributed by atoms with E-state index in [2.05, 4.69) is 34.4 Å². The first-order chi connectivity index (χ1) is 16.1. The molecule has 8 fully saturated rings. The summed E-state index contributed by atoms with van der Waals surface area (Å²) in [7, 11) is 0. The van der Waals surface area contributed by atoms with Crippen molar-refractivity contribution in [3.05, 3.63) is 12.4 Å². The van der Waals surface area contributed by atoms with Crippen molar-refractivity contribution in [3.8, 4) is 0 Å². The number of nitrogens with one attached hydrogen (secondary N) is 2. The first-order valence-corrected chi connectivity index (χ1v) is 13.6. The van der Waals surface area contributed by atoms with Crippen LogP contribution in [-0.2, 0) is 9.59 Å². The molecule has 182 valence electrons. The zero-order valence-corrected chi connectivity index (χ0v) is 20.7. The number of carbonyl (C=O) groups excluding carboxylic acids is 2. The van der Waals surface area contributed by atoms with Gasteiger partial charge in [0.2, 0.25) is 11.8 Å². The summed E-state index contributed by atoms with van der Waals surface area (Å²) in [4.78, 5) is 35.8. The molecule has 8 bridgehead atoms. The molecule has 34 heavy (non-hydrogen) atoms. The van der Waals surface area contributed by atoms with E-state index in [1.807, 2.05) is 0 Å². The Hall–Kier alpha value is -1.98. The maximum atomic E-state index is 13.5. The van der Waals surface area contributed by atoms with Crippen LogP contribution in [-0.4, -0.2) is 21.8 Å². The molecule has 6 nitrogen and oxygen atoms in total. The summed E-state index contributed by atoms with van der Waals surface area (Å²) in [6.45, 7) is 4.77. The maximum absolute atomic E-state index is 13.5. The molecule has 2 N–H and O–H groups in total. The maximum Gasteiger partial charge on any atom is 0.231 e. The zero-order valence-electron chi connectivity index (χ0n) is 20.7. The van der Waals surface area contributed by atoms with Crippen molar-refractivity contribution in [2.75, 3.05) is 10.6 Å². The van der Waals surface area contributed by atoms with Crippen molar-refractivity contribution >= 4 is 23.5 Å². The monoisotopic (exact) mass is 462 g/mol. The normalized spacial score (nSPS) is 47.6. The summed E-state index contributed by atoms with van der Waals surface area (Å²) in [6, 6.07) is 1.75. The van der Waals surface area contributed by atoms with Gasteiger partial charge in [-0.15, -0.1) is 0 Å². The van der Waals surface area contributed by atoms with Crippen molar-refractivity contribution in [2.45, 2.75) is 90.9 Å². The Morgan fingerprint density at radius 2 is 1.09 bits per heavy atom. The lowest BCUT2D eigenvalue weighted by molar-refractivity contribution is -0.150. The van der Waals surface area contributed by atoms with Crippen LogP contribution in [0.1, 0.15) is 90.9 Å². The Morgan fingerprint density at radius 3 is 1.44 bits per heavy atom. The van der Waals surface area contributed by atoms with Gasteiger partial charge in [-0.3, -0.25) is 9.59 Å². The van der Waals surface area contributed by atoms with Crippen LogP contribution < -0.4 is 10.6 Å². The van der Waals surface area contributed by atoms with E-state index in [0.29, 0.717) is 46.1 Å². The molecule has 8 aliphatic carbocycles. The number of hydrogen-bond donors (Lipinski definition) is 2. The predicted molar refractivity (Wildman–Crippen MR) is 130 cm³/mol. The molecule has 4 unspecified atom stereocenters. The summed E-state index contributed by atoms with van der Waals surface area (Å²) in [6.07, 6.45) is 15.3. The number of hydrogen-bond acceptors (Lipinski definition) is 4. The highest BCUT2D eigenvalue weighted by Crippen LogP contribution is 2.66. The molecular formula is C28H38N4O2. The van der Waals surface area contributed by atoms with Crippen molar-refractivity contribution in [2.24, 2.45) is 45.3 Å². The number of carbonyl (C=O) groups is 2. The highest BCUT2D eigenvalue weighted by atomic mass is 16.2. The quantitative estimate of drug-likeness (QED) is 0.613. The fourth-order valence-corrected chi connectivity index (χ4v) is 11.0. The largest absolute Gasteiger partial charge is 0.310 e. The van der Waals surface area contributed by atoms with Crippen LogP contribution in [0.2, 0.25) is 0 Å². The molecule has 0 radical (unpaired) electrons. The lowest BCUT2D eigenvalue weighted by atomic mass is 9.44. The van der Waals surface area contributed by atoms with E-state index in [-0.39, 0.29) is 22.6 Å². The van der Waals surface area contributed by atoms with Gasteiger partial charge in [0, 0.05) is 6.07 Å². The van der Waals surface area contributed by atoms with Gasteiger partial charge in [0.25, 0.3) is 0 Å². The van der Waals surface area contributed by atoms with Crippen LogP contribution in [0.15, 0.2) is 12.4 Å². The summed E-state index contributed by atoms with van der Waals surface area (Å²) in [5, 5.41) is 6.26. The van der Waals surface area contributed by atoms with Crippen LogP contribution in [0.25, 0.3) is 0 Å². The van der Waals surface area contributed by atoms with E-state index in [1.54, 1.807) is 6.07 Å². The fraction of sp³-hybridized carbons (Fsp3) is 0.786. The van der Waals surface area contributed by atoms with E-state index in [0.717, 1.165) is 38.5 Å². The minimum absolute atomic E-state index is 0.123. The molecule has 0 aromatic carbocycles. The SMILES string of the molecule is CC12CC3CC(C1)CC(C(=O)Nc1cc(NC(=O)C45CC6CC(CC(C)(C6)C4)C5)ncn1)(C3)C2. The third-order valence-electron chi connectivity index (χ3n) is 10.8. The van der Waals surface area contributed by atoms with Gasteiger partial charge < -0.3 is 10.6 Å². The second-order valence-corrected chi connectivity index (χ2v) is 14.3.